The summed E-state index contributed by atoms with van der Waals surface area (Å²) in [5, 5.41) is 0. The molecule has 0 spiro atoms. The van der Waals surface area contributed by atoms with E-state index in [0.717, 1.165) is 21.1 Å². The summed E-state index contributed by atoms with van der Waals surface area (Å²) in [7, 11) is 1.81. The molecule has 3 aromatic rings. The van der Waals surface area contributed by atoms with Crippen molar-refractivity contribution in [2.75, 3.05) is 7.05 Å². The Balaban J connectivity index is 1.80. The molecule has 106 valence electrons. The van der Waals surface area contributed by atoms with Crippen LogP contribution in [-0.4, -0.2) is 27.8 Å². The van der Waals surface area contributed by atoms with Crippen molar-refractivity contribution in [3.63, 3.8) is 0 Å². The molecule has 5 heteroatoms. The number of H-pyrrole nitrogens is 1. The van der Waals surface area contributed by atoms with Crippen LogP contribution in [0.3, 0.4) is 0 Å². The Morgan fingerprint density at radius 2 is 2.14 bits per heavy atom. The minimum atomic E-state index is -0.00789. The summed E-state index contributed by atoms with van der Waals surface area (Å²) in [5.41, 5.74) is 3.48. The summed E-state index contributed by atoms with van der Waals surface area (Å²) in [4.78, 5) is 21.4. The zero-order valence-corrected chi connectivity index (χ0v) is 13.1. The van der Waals surface area contributed by atoms with E-state index in [2.05, 4.69) is 25.9 Å². The number of fused-ring (bicyclic) bond motifs is 1. The van der Waals surface area contributed by atoms with E-state index in [1.54, 1.807) is 18.3 Å². The van der Waals surface area contributed by atoms with Crippen LogP contribution in [-0.2, 0) is 6.54 Å². The number of nitrogens with zero attached hydrogens (tertiary/aromatic N) is 2. The molecule has 0 bridgehead atoms. The van der Waals surface area contributed by atoms with Crippen molar-refractivity contribution >= 4 is 32.9 Å². The molecule has 0 atom stereocenters. The molecule has 0 aliphatic rings. The third-order valence-electron chi connectivity index (χ3n) is 3.32. The number of hydrogen-bond donors (Lipinski definition) is 1. The Morgan fingerprint density at radius 1 is 1.29 bits per heavy atom. The van der Waals surface area contributed by atoms with E-state index in [9.17, 15) is 4.79 Å². The van der Waals surface area contributed by atoms with Gasteiger partial charge in [0, 0.05) is 23.6 Å². The van der Waals surface area contributed by atoms with Crippen LogP contribution in [0, 0.1) is 0 Å². The second-order valence-electron chi connectivity index (χ2n) is 4.93. The predicted octanol–water partition coefficient (Wildman–Crippen LogP) is 3.60. The summed E-state index contributed by atoms with van der Waals surface area (Å²) in [6.07, 6.45) is 1.63. The Morgan fingerprint density at radius 3 is 2.95 bits per heavy atom. The maximum atomic E-state index is 12.5. The Labute approximate surface area is 130 Å². The van der Waals surface area contributed by atoms with E-state index in [4.69, 9.17) is 0 Å². The van der Waals surface area contributed by atoms with Crippen LogP contribution in [0.2, 0.25) is 0 Å². The van der Waals surface area contributed by atoms with Gasteiger partial charge in [0.1, 0.15) is 0 Å². The maximum absolute atomic E-state index is 12.5. The van der Waals surface area contributed by atoms with Crippen LogP contribution in [0.1, 0.15) is 15.9 Å². The molecule has 21 heavy (non-hydrogen) atoms. The molecule has 0 saturated heterocycles. The van der Waals surface area contributed by atoms with Crippen molar-refractivity contribution in [3.8, 4) is 0 Å². The maximum Gasteiger partial charge on any atom is 0.253 e. The number of aromatic nitrogens is 2. The largest absolute Gasteiger partial charge is 0.345 e. The SMILES string of the molecule is CN(Cc1cccc(Br)c1)C(=O)c1ccc2nc[nH]c2c1. The summed E-state index contributed by atoms with van der Waals surface area (Å²) in [5.74, 6) is -0.00789. The van der Waals surface area contributed by atoms with Gasteiger partial charge in [-0.15, -0.1) is 0 Å². The first-order valence-corrected chi connectivity index (χ1v) is 7.36. The van der Waals surface area contributed by atoms with Gasteiger partial charge >= 0.3 is 0 Å². The number of imidazole rings is 1. The number of hydrogen-bond acceptors (Lipinski definition) is 2. The molecule has 0 radical (unpaired) electrons. The molecule has 1 amide bonds. The Hall–Kier alpha value is -2.14. The van der Waals surface area contributed by atoms with Gasteiger partial charge < -0.3 is 9.88 Å². The minimum Gasteiger partial charge on any atom is -0.345 e. The number of carbonyl (C=O) groups is 1. The van der Waals surface area contributed by atoms with Crippen molar-refractivity contribution in [3.05, 3.63) is 64.4 Å². The molecule has 4 nitrogen and oxygen atoms in total. The van der Waals surface area contributed by atoms with E-state index < -0.39 is 0 Å². The summed E-state index contributed by atoms with van der Waals surface area (Å²) in [6.45, 7) is 0.569. The number of aromatic amines is 1. The molecule has 0 fully saturated rings. The fourth-order valence-corrected chi connectivity index (χ4v) is 2.72. The van der Waals surface area contributed by atoms with E-state index in [1.165, 1.54) is 0 Å². The smallest absolute Gasteiger partial charge is 0.253 e. The van der Waals surface area contributed by atoms with E-state index in [-0.39, 0.29) is 5.91 Å². The Kier molecular flexibility index (Phi) is 3.75. The highest BCUT2D eigenvalue weighted by Gasteiger charge is 2.13. The first-order chi connectivity index (χ1) is 10.1. The van der Waals surface area contributed by atoms with Gasteiger partial charge in [0.25, 0.3) is 5.91 Å². The number of halogens is 1. The lowest BCUT2D eigenvalue weighted by Gasteiger charge is -2.17. The monoisotopic (exact) mass is 343 g/mol. The fraction of sp³-hybridized carbons (Fsp3) is 0.125. The van der Waals surface area contributed by atoms with Crippen LogP contribution in [0.4, 0.5) is 0 Å². The molecule has 0 aliphatic carbocycles. The molecule has 3 rings (SSSR count). The molecule has 1 N–H and O–H groups in total. The number of rotatable bonds is 3. The van der Waals surface area contributed by atoms with Gasteiger partial charge in [-0.05, 0) is 35.9 Å². The van der Waals surface area contributed by atoms with Crippen LogP contribution in [0.15, 0.2) is 53.3 Å². The predicted molar refractivity (Wildman–Crippen MR) is 86.0 cm³/mol. The van der Waals surface area contributed by atoms with Gasteiger partial charge in [-0.1, -0.05) is 28.1 Å². The lowest BCUT2D eigenvalue weighted by atomic mass is 10.1. The van der Waals surface area contributed by atoms with Crippen LogP contribution in [0.25, 0.3) is 11.0 Å². The third kappa shape index (κ3) is 2.97. The molecule has 2 aromatic carbocycles. The van der Waals surface area contributed by atoms with Crippen molar-refractivity contribution in [2.24, 2.45) is 0 Å². The van der Waals surface area contributed by atoms with Gasteiger partial charge in [0.15, 0.2) is 0 Å². The number of amides is 1. The summed E-state index contributed by atoms with van der Waals surface area (Å²) >= 11 is 3.44. The molecular formula is C16H14BrN3O. The quantitative estimate of drug-likeness (QED) is 0.789. The molecule has 1 heterocycles. The van der Waals surface area contributed by atoms with Gasteiger partial charge in [-0.2, -0.15) is 0 Å². The highest BCUT2D eigenvalue weighted by atomic mass is 79.9. The minimum absolute atomic E-state index is 0.00789. The first-order valence-electron chi connectivity index (χ1n) is 6.56. The van der Waals surface area contributed by atoms with Crippen molar-refractivity contribution in [1.82, 2.24) is 14.9 Å². The average molecular weight is 344 g/mol. The average Bonchev–Trinajstić information content (AvgIpc) is 2.93. The van der Waals surface area contributed by atoms with Gasteiger partial charge in [-0.25, -0.2) is 4.98 Å². The van der Waals surface area contributed by atoms with Crippen LogP contribution in [0.5, 0.6) is 0 Å². The summed E-state index contributed by atoms with van der Waals surface area (Å²) in [6, 6.07) is 13.5. The fourth-order valence-electron chi connectivity index (χ4n) is 2.27. The first kappa shape index (κ1) is 13.8. The van der Waals surface area contributed by atoms with Crippen LogP contribution >= 0.6 is 15.9 Å². The highest BCUT2D eigenvalue weighted by molar-refractivity contribution is 9.10. The molecule has 0 unspecified atom stereocenters. The van der Waals surface area contributed by atoms with E-state index >= 15 is 0 Å². The van der Waals surface area contributed by atoms with Gasteiger partial charge in [-0.3, -0.25) is 4.79 Å². The van der Waals surface area contributed by atoms with E-state index in [0.29, 0.717) is 12.1 Å². The second kappa shape index (κ2) is 5.69. The molecule has 1 aromatic heterocycles. The molecular weight excluding hydrogens is 330 g/mol. The zero-order chi connectivity index (χ0) is 14.8. The topological polar surface area (TPSA) is 49.0 Å². The Bertz CT molecular complexity index is 797. The second-order valence-corrected chi connectivity index (χ2v) is 5.84. The van der Waals surface area contributed by atoms with Crippen molar-refractivity contribution in [1.29, 1.82) is 0 Å². The van der Waals surface area contributed by atoms with Crippen molar-refractivity contribution < 1.29 is 4.79 Å². The number of nitrogens with one attached hydrogen (secondary N) is 1. The lowest BCUT2D eigenvalue weighted by molar-refractivity contribution is 0.0785. The lowest BCUT2D eigenvalue weighted by Crippen LogP contribution is -2.26. The standard InChI is InChI=1S/C16H14BrN3O/c1-20(9-11-3-2-4-13(17)7-11)16(21)12-5-6-14-15(8-12)19-10-18-14/h2-8,10H,9H2,1H3,(H,18,19). The van der Waals surface area contributed by atoms with E-state index in [1.807, 2.05) is 42.5 Å². The van der Waals surface area contributed by atoms with Gasteiger partial charge in [0.05, 0.1) is 17.4 Å². The third-order valence-corrected chi connectivity index (χ3v) is 3.82. The number of benzene rings is 2. The van der Waals surface area contributed by atoms with Crippen molar-refractivity contribution in [2.45, 2.75) is 6.54 Å². The van der Waals surface area contributed by atoms with Crippen LogP contribution < -0.4 is 0 Å². The van der Waals surface area contributed by atoms with Gasteiger partial charge in [0.2, 0.25) is 0 Å². The normalized spacial score (nSPS) is 10.8. The number of carbonyl (C=O) groups excluding carboxylic acids is 1. The summed E-state index contributed by atoms with van der Waals surface area (Å²) < 4.78 is 1.01. The molecule has 0 saturated carbocycles. The zero-order valence-electron chi connectivity index (χ0n) is 11.5. The molecule has 0 aliphatic heterocycles. The highest BCUT2D eigenvalue weighted by Crippen LogP contribution is 2.16.